The summed E-state index contributed by atoms with van der Waals surface area (Å²) in [5.41, 5.74) is 1.60. The van der Waals surface area contributed by atoms with E-state index in [2.05, 4.69) is 16.3 Å². The summed E-state index contributed by atoms with van der Waals surface area (Å²) in [5.74, 6) is -0.807. The van der Waals surface area contributed by atoms with Crippen LogP contribution in [0.4, 0.5) is 0 Å². The van der Waals surface area contributed by atoms with Crippen LogP contribution in [-0.2, 0) is 11.2 Å². The van der Waals surface area contributed by atoms with Crippen molar-refractivity contribution < 1.29 is 15.1 Å². The number of benzene rings is 2. The van der Waals surface area contributed by atoms with E-state index < -0.39 is 5.97 Å². The van der Waals surface area contributed by atoms with Gasteiger partial charge in [0.1, 0.15) is 6.29 Å². The van der Waals surface area contributed by atoms with Gasteiger partial charge in [-0.1, -0.05) is 12.1 Å². The van der Waals surface area contributed by atoms with Crippen LogP contribution >= 0.6 is 11.3 Å². The first-order valence-electron chi connectivity index (χ1n) is 10.1. The van der Waals surface area contributed by atoms with Crippen LogP contribution in [0.2, 0.25) is 0 Å². The van der Waals surface area contributed by atoms with Crippen LogP contribution in [0, 0.1) is 0 Å². The Morgan fingerprint density at radius 1 is 1.13 bits per heavy atom. The highest BCUT2D eigenvalue weighted by Crippen LogP contribution is 2.31. The molecule has 0 aliphatic carbocycles. The molecule has 0 saturated carbocycles. The highest BCUT2D eigenvalue weighted by atomic mass is 32.1. The molecule has 7 nitrogen and oxygen atoms in total. The van der Waals surface area contributed by atoms with Crippen molar-refractivity contribution in [2.45, 2.75) is 25.0 Å². The Labute approximate surface area is 177 Å². The van der Waals surface area contributed by atoms with Crippen LogP contribution in [0.15, 0.2) is 41.2 Å². The van der Waals surface area contributed by atoms with E-state index in [0.717, 1.165) is 41.0 Å². The van der Waals surface area contributed by atoms with E-state index in [1.54, 1.807) is 12.1 Å². The minimum atomic E-state index is -0.912. The highest BCUT2D eigenvalue weighted by Gasteiger charge is 2.35. The Kier molecular flexibility index (Phi) is 5.04. The second-order valence-corrected chi connectivity index (χ2v) is 9.17. The maximum Gasteiger partial charge on any atom is 0.307 e. The van der Waals surface area contributed by atoms with E-state index in [-0.39, 0.29) is 24.1 Å². The fourth-order valence-electron chi connectivity index (χ4n) is 4.59. The Hall–Kier alpha value is -2.36. The molecule has 0 bridgehead atoms. The molecule has 2 aliphatic rings. The molecule has 2 fully saturated rings. The summed E-state index contributed by atoms with van der Waals surface area (Å²) < 4.78 is 1.77. The Bertz CT molecular complexity index is 1190. The second-order valence-electron chi connectivity index (χ2n) is 8.08. The summed E-state index contributed by atoms with van der Waals surface area (Å²) in [6.07, 6.45) is 0.813. The van der Waals surface area contributed by atoms with Crippen molar-refractivity contribution in [3.63, 3.8) is 0 Å². The lowest BCUT2D eigenvalue weighted by Crippen LogP contribution is -2.64. The van der Waals surface area contributed by atoms with E-state index in [1.807, 2.05) is 18.2 Å². The second kappa shape index (κ2) is 7.72. The number of hydroxylamine groups is 2. The summed E-state index contributed by atoms with van der Waals surface area (Å²) in [4.78, 5) is 26.5. The number of carboxylic acids is 1. The van der Waals surface area contributed by atoms with Gasteiger partial charge in [0.05, 0.1) is 6.42 Å². The first-order chi connectivity index (χ1) is 14.5. The predicted molar refractivity (Wildman–Crippen MR) is 116 cm³/mol. The molecule has 2 aliphatic heterocycles. The fourth-order valence-corrected chi connectivity index (χ4v) is 5.62. The minimum Gasteiger partial charge on any atom is -0.481 e. The molecule has 3 N–H and O–H groups in total. The normalized spacial score (nSPS) is 23.0. The molecular weight excluding hydrogens is 402 g/mol. The standard InChI is InChI=1S/C22H23N3O4S/c26-20(27)9-13-2-4-18-16(8-13)21(28)17-10-14(3-5-19(17)30-18)15-11-24-7-1-6-23-22(24)25(29)12-15/h2-5,8,10,15,22-23,29H,1,6-7,9,11-12H2,(H,26,27). The molecule has 5 rings (SSSR count). The summed E-state index contributed by atoms with van der Waals surface area (Å²) >= 11 is 1.54. The van der Waals surface area contributed by atoms with Crippen molar-refractivity contribution in [1.29, 1.82) is 0 Å². The number of aliphatic carboxylic acids is 1. The maximum atomic E-state index is 13.2. The Morgan fingerprint density at radius 2 is 1.90 bits per heavy atom. The minimum absolute atomic E-state index is 0.0676. The lowest BCUT2D eigenvalue weighted by atomic mass is 9.94. The van der Waals surface area contributed by atoms with Gasteiger partial charge in [0.2, 0.25) is 0 Å². The van der Waals surface area contributed by atoms with Gasteiger partial charge in [0.15, 0.2) is 5.43 Å². The number of nitrogens with one attached hydrogen (secondary N) is 1. The van der Waals surface area contributed by atoms with Gasteiger partial charge in [-0.3, -0.25) is 19.8 Å². The first-order valence-corrected chi connectivity index (χ1v) is 11.0. The highest BCUT2D eigenvalue weighted by molar-refractivity contribution is 7.24. The Morgan fingerprint density at radius 3 is 2.70 bits per heavy atom. The average molecular weight is 426 g/mol. The topological polar surface area (TPSA) is 93.1 Å². The molecule has 2 aromatic carbocycles. The van der Waals surface area contributed by atoms with Gasteiger partial charge in [-0.25, -0.2) is 0 Å². The third-order valence-corrected chi connectivity index (χ3v) is 7.17. The molecule has 8 heteroatoms. The monoisotopic (exact) mass is 425 g/mol. The third kappa shape index (κ3) is 3.51. The fraction of sp³-hybridized carbons (Fsp3) is 0.364. The van der Waals surface area contributed by atoms with E-state index in [1.165, 1.54) is 16.4 Å². The average Bonchev–Trinajstić information content (AvgIpc) is 2.74. The maximum absolute atomic E-state index is 13.2. The number of carboxylic acid groups (broad SMARTS) is 1. The molecular formula is C22H23N3O4S. The zero-order chi connectivity index (χ0) is 20.8. The quantitative estimate of drug-likeness (QED) is 0.555. The van der Waals surface area contributed by atoms with Crippen LogP contribution in [0.25, 0.3) is 20.2 Å². The van der Waals surface area contributed by atoms with Crippen LogP contribution in [-0.4, -0.2) is 58.7 Å². The molecule has 0 amide bonds. The summed E-state index contributed by atoms with van der Waals surface area (Å²) in [7, 11) is 0. The third-order valence-electron chi connectivity index (χ3n) is 6.02. The van der Waals surface area contributed by atoms with Crippen LogP contribution < -0.4 is 10.7 Å². The molecule has 3 aromatic rings. The summed E-state index contributed by atoms with van der Waals surface area (Å²) in [6.45, 7) is 3.17. The largest absolute Gasteiger partial charge is 0.481 e. The van der Waals surface area contributed by atoms with E-state index >= 15 is 0 Å². The molecule has 30 heavy (non-hydrogen) atoms. The van der Waals surface area contributed by atoms with Crippen molar-refractivity contribution in [1.82, 2.24) is 15.3 Å². The predicted octanol–water partition coefficient (Wildman–Crippen LogP) is 2.41. The van der Waals surface area contributed by atoms with Gasteiger partial charge < -0.3 is 10.3 Å². The number of hydrogen-bond donors (Lipinski definition) is 3. The first kappa shape index (κ1) is 19.6. The van der Waals surface area contributed by atoms with Gasteiger partial charge >= 0.3 is 5.97 Å². The van der Waals surface area contributed by atoms with Crippen molar-refractivity contribution in [2.24, 2.45) is 0 Å². The van der Waals surface area contributed by atoms with Crippen LogP contribution in [0.5, 0.6) is 0 Å². The smallest absolute Gasteiger partial charge is 0.307 e. The molecule has 156 valence electrons. The molecule has 0 radical (unpaired) electrons. The van der Waals surface area contributed by atoms with Gasteiger partial charge in [-0.15, -0.1) is 11.3 Å². The van der Waals surface area contributed by atoms with Gasteiger partial charge in [0.25, 0.3) is 0 Å². The van der Waals surface area contributed by atoms with Crippen LogP contribution in [0.1, 0.15) is 23.5 Å². The van der Waals surface area contributed by atoms with E-state index in [4.69, 9.17) is 5.11 Å². The molecule has 3 heterocycles. The lowest BCUT2D eigenvalue weighted by molar-refractivity contribution is -0.213. The summed E-state index contributed by atoms with van der Waals surface area (Å²) in [5, 5.41) is 25.4. The lowest BCUT2D eigenvalue weighted by Gasteiger charge is -2.46. The number of hydrogen-bond acceptors (Lipinski definition) is 7. The SMILES string of the molecule is O=C(O)Cc1ccc2sc3ccc(C4CN(O)C5NCCCN5C4)cc3c(=O)c2c1. The zero-order valence-corrected chi connectivity index (χ0v) is 17.2. The molecule has 2 unspecified atom stereocenters. The number of nitrogens with zero attached hydrogens (tertiary/aromatic N) is 2. The van der Waals surface area contributed by atoms with Crippen molar-refractivity contribution >= 4 is 37.5 Å². The molecule has 0 spiro atoms. The molecule has 2 saturated heterocycles. The van der Waals surface area contributed by atoms with Crippen LogP contribution in [0.3, 0.4) is 0 Å². The Balaban J connectivity index is 1.54. The molecule has 1 aromatic heterocycles. The number of fused-ring (bicyclic) bond motifs is 3. The number of carbonyl (C=O) groups is 1. The van der Waals surface area contributed by atoms with Crippen molar-refractivity contribution in [3.8, 4) is 0 Å². The van der Waals surface area contributed by atoms with Gasteiger partial charge in [-0.05, 0) is 48.4 Å². The number of rotatable bonds is 3. The van der Waals surface area contributed by atoms with Crippen molar-refractivity contribution in [2.75, 3.05) is 26.2 Å². The zero-order valence-electron chi connectivity index (χ0n) is 16.4. The summed E-state index contributed by atoms with van der Waals surface area (Å²) in [6, 6.07) is 11.3. The van der Waals surface area contributed by atoms with E-state index in [0.29, 0.717) is 22.9 Å². The van der Waals surface area contributed by atoms with E-state index in [9.17, 15) is 14.8 Å². The van der Waals surface area contributed by atoms with Crippen molar-refractivity contribution in [3.05, 3.63) is 57.7 Å². The van der Waals surface area contributed by atoms with Gasteiger partial charge in [-0.2, -0.15) is 5.06 Å². The molecule has 2 atom stereocenters. The van der Waals surface area contributed by atoms with Gasteiger partial charge in [0, 0.05) is 45.7 Å².